The van der Waals surface area contributed by atoms with Gasteiger partial charge >= 0.3 is 6.18 Å². The van der Waals surface area contributed by atoms with Gasteiger partial charge in [0.05, 0.1) is 11.3 Å². The Labute approximate surface area is 110 Å². The summed E-state index contributed by atoms with van der Waals surface area (Å²) in [6.45, 7) is 1.60. The van der Waals surface area contributed by atoms with E-state index in [2.05, 4.69) is 5.32 Å². The lowest BCUT2D eigenvalue weighted by Crippen LogP contribution is -2.32. The maximum Gasteiger partial charge on any atom is 0.416 e. The molecule has 1 atom stereocenters. The highest BCUT2D eigenvalue weighted by molar-refractivity contribution is 7.90. The molecule has 0 aromatic heterocycles. The first kappa shape index (κ1) is 16.0. The first-order valence-corrected chi connectivity index (χ1v) is 7.72. The fourth-order valence-corrected chi connectivity index (χ4v) is 2.77. The maximum absolute atomic E-state index is 12.7. The second kappa shape index (κ2) is 5.92. The average molecular weight is 295 g/mol. The third-order valence-electron chi connectivity index (χ3n) is 2.52. The molecule has 1 rings (SSSR count). The van der Waals surface area contributed by atoms with Crippen molar-refractivity contribution < 1.29 is 21.6 Å². The second-order valence-electron chi connectivity index (χ2n) is 4.53. The van der Waals surface area contributed by atoms with E-state index in [1.54, 1.807) is 6.92 Å². The van der Waals surface area contributed by atoms with Crippen LogP contribution in [0, 0.1) is 0 Å². The summed E-state index contributed by atoms with van der Waals surface area (Å²) < 4.78 is 60.3. The van der Waals surface area contributed by atoms with Crippen molar-refractivity contribution in [3.05, 3.63) is 35.4 Å². The van der Waals surface area contributed by atoms with Gasteiger partial charge in [0.1, 0.15) is 9.84 Å². The molecule has 1 aromatic rings. The van der Waals surface area contributed by atoms with Crippen LogP contribution in [0.25, 0.3) is 0 Å². The Kier molecular flexibility index (Phi) is 4.98. The summed E-state index contributed by atoms with van der Waals surface area (Å²) >= 11 is 0. The van der Waals surface area contributed by atoms with E-state index in [1.165, 1.54) is 18.2 Å². The summed E-state index contributed by atoms with van der Waals surface area (Å²) in [5.74, 6) is -0.110. The fourth-order valence-electron chi connectivity index (χ4n) is 1.75. The summed E-state index contributed by atoms with van der Waals surface area (Å²) in [4.78, 5) is 0. The molecule has 3 nitrogen and oxygen atoms in total. The molecule has 0 aliphatic rings. The van der Waals surface area contributed by atoms with Gasteiger partial charge in [-0.15, -0.1) is 0 Å². The lowest BCUT2D eigenvalue weighted by Gasteiger charge is -2.16. The predicted molar refractivity (Wildman–Crippen MR) is 67.5 cm³/mol. The van der Waals surface area contributed by atoms with Gasteiger partial charge < -0.3 is 5.32 Å². The van der Waals surface area contributed by atoms with Crippen LogP contribution >= 0.6 is 0 Å². The number of hydrogen-bond acceptors (Lipinski definition) is 3. The van der Waals surface area contributed by atoms with E-state index in [4.69, 9.17) is 0 Å². The zero-order valence-corrected chi connectivity index (χ0v) is 11.5. The Morgan fingerprint density at radius 1 is 1.26 bits per heavy atom. The van der Waals surface area contributed by atoms with Crippen LogP contribution in [0.3, 0.4) is 0 Å². The van der Waals surface area contributed by atoms with Gasteiger partial charge in [-0.25, -0.2) is 8.42 Å². The Morgan fingerprint density at radius 3 is 2.37 bits per heavy atom. The lowest BCUT2D eigenvalue weighted by atomic mass is 10.1. The molecule has 0 saturated carbocycles. The second-order valence-corrected chi connectivity index (χ2v) is 6.71. The van der Waals surface area contributed by atoms with E-state index in [0.717, 1.165) is 12.3 Å². The molecule has 0 bridgehead atoms. The first-order valence-electron chi connectivity index (χ1n) is 5.66. The molecule has 0 fully saturated rings. The van der Waals surface area contributed by atoms with Gasteiger partial charge in [-0.05, 0) is 18.6 Å². The summed E-state index contributed by atoms with van der Waals surface area (Å²) in [7, 11) is -3.15. The van der Waals surface area contributed by atoms with Crippen LogP contribution < -0.4 is 5.32 Å². The van der Waals surface area contributed by atoms with Crippen molar-refractivity contribution in [2.24, 2.45) is 0 Å². The van der Waals surface area contributed by atoms with Crippen molar-refractivity contribution in [3.63, 3.8) is 0 Å². The van der Waals surface area contributed by atoms with Gasteiger partial charge in [-0.2, -0.15) is 13.2 Å². The highest BCUT2D eigenvalue weighted by Gasteiger charge is 2.32. The minimum Gasteiger partial charge on any atom is -0.309 e. The Morgan fingerprint density at radius 2 is 1.84 bits per heavy atom. The Hall–Kier alpha value is -1.08. The van der Waals surface area contributed by atoms with E-state index in [9.17, 15) is 21.6 Å². The summed E-state index contributed by atoms with van der Waals surface area (Å²) in [5.41, 5.74) is -0.593. The average Bonchev–Trinajstić information content (AvgIpc) is 2.23. The van der Waals surface area contributed by atoms with Gasteiger partial charge in [0.2, 0.25) is 0 Å². The van der Waals surface area contributed by atoms with Crippen molar-refractivity contribution in [1.29, 1.82) is 0 Å². The maximum atomic E-state index is 12.7. The lowest BCUT2D eigenvalue weighted by molar-refractivity contribution is -0.138. The van der Waals surface area contributed by atoms with Crippen LogP contribution in [0.5, 0.6) is 0 Å². The summed E-state index contributed by atoms with van der Waals surface area (Å²) in [6.07, 6.45) is -3.31. The molecule has 1 aromatic carbocycles. The number of halogens is 3. The molecule has 0 amide bonds. The summed E-state index contributed by atoms with van der Waals surface area (Å²) in [6, 6.07) is 4.83. The number of alkyl halides is 3. The van der Waals surface area contributed by atoms with Crippen molar-refractivity contribution >= 4 is 9.84 Å². The zero-order valence-electron chi connectivity index (χ0n) is 10.7. The third-order valence-corrected chi connectivity index (χ3v) is 3.62. The molecule has 0 saturated heterocycles. The molecule has 1 unspecified atom stereocenters. The van der Waals surface area contributed by atoms with Gasteiger partial charge in [0, 0.05) is 18.8 Å². The molecule has 0 heterocycles. The molecule has 0 aliphatic heterocycles. The van der Waals surface area contributed by atoms with Crippen LogP contribution in [-0.2, 0) is 22.6 Å². The van der Waals surface area contributed by atoms with E-state index in [0.29, 0.717) is 0 Å². The number of rotatable bonds is 5. The van der Waals surface area contributed by atoms with Gasteiger partial charge in [0.15, 0.2) is 0 Å². The van der Waals surface area contributed by atoms with Gasteiger partial charge in [-0.1, -0.05) is 18.2 Å². The van der Waals surface area contributed by atoms with E-state index in [-0.39, 0.29) is 17.9 Å². The highest BCUT2D eigenvalue weighted by atomic mass is 32.2. The molecule has 0 radical (unpaired) electrons. The van der Waals surface area contributed by atoms with Crippen LogP contribution in [0.4, 0.5) is 13.2 Å². The minimum atomic E-state index is -4.40. The Bertz CT molecular complexity index is 526. The highest BCUT2D eigenvalue weighted by Crippen LogP contribution is 2.31. The molecule has 7 heteroatoms. The van der Waals surface area contributed by atoms with E-state index < -0.39 is 27.6 Å². The number of benzene rings is 1. The van der Waals surface area contributed by atoms with Crippen LogP contribution in [0.15, 0.2) is 24.3 Å². The first-order chi connectivity index (χ1) is 8.59. The fraction of sp³-hybridized carbons (Fsp3) is 0.500. The molecule has 0 spiro atoms. The predicted octanol–water partition coefficient (Wildman–Crippen LogP) is 2.23. The van der Waals surface area contributed by atoms with Crippen molar-refractivity contribution in [2.75, 3.05) is 12.0 Å². The minimum absolute atomic E-state index is 0.0215. The largest absolute Gasteiger partial charge is 0.416 e. The molecular weight excluding hydrogens is 279 g/mol. The third kappa shape index (κ3) is 5.61. The monoisotopic (exact) mass is 295 g/mol. The molecule has 1 N–H and O–H groups in total. The number of sulfone groups is 1. The van der Waals surface area contributed by atoms with Crippen molar-refractivity contribution in [3.8, 4) is 0 Å². The molecular formula is C12H16F3NO2S. The molecule has 19 heavy (non-hydrogen) atoms. The Balaban J connectivity index is 2.74. The number of hydrogen-bond donors (Lipinski definition) is 1. The van der Waals surface area contributed by atoms with Crippen LogP contribution in [0.1, 0.15) is 18.1 Å². The normalized spacial score (nSPS) is 14.4. The van der Waals surface area contributed by atoms with Crippen LogP contribution in [0.2, 0.25) is 0 Å². The smallest absolute Gasteiger partial charge is 0.309 e. The topological polar surface area (TPSA) is 46.2 Å². The van der Waals surface area contributed by atoms with Crippen molar-refractivity contribution in [2.45, 2.75) is 25.7 Å². The zero-order chi connectivity index (χ0) is 14.7. The quantitative estimate of drug-likeness (QED) is 0.906. The standard InChI is InChI=1S/C12H16F3NO2S/c1-9(8-19(2,17)18)16-7-10-5-3-4-6-11(10)12(13,14)15/h3-6,9,16H,7-8H2,1-2H3. The molecule has 0 aliphatic carbocycles. The van der Waals surface area contributed by atoms with E-state index >= 15 is 0 Å². The van der Waals surface area contributed by atoms with E-state index in [1.807, 2.05) is 0 Å². The van der Waals surface area contributed by atoms with Gasteiger partial charge in [0.25, 0.3) is 0 Å². The number of nitrogens with one attached hydrogen (secondary N) is 1. The van der Waals surface area contributed by atoms with Gasteiger partial charge in [-0.3, -0.25) is 0 Å². The molecule has 108 valence electrons. The van der Waals surface area contributed by atoms with Crippen LogP contribution in [-0.4, -0.2) is 26.5 Å². The van der Waals surface area contributed by atoms with Crippen molar-refractivity contribution in [1.82, 2.24) is 5.32 Å². The SMILES string of the molecule is CC(CS(C)(=O)=O)NCc1ccccc1C(F)(F)F. The summed E-state index contributed by atoms with van der Waals surface area (Å²) in [5, 5.41) is 2.79.